The molecule has 0 atom stereocenters. The Kier molecular flexibility index (Phi) is 4.37. The number of hydrogen-bond donors (Lipinski definition) is 1. The molecule has 8 nitrogen and oxygen atoms in total. The molecule has 0 unspecified atom stereocenters. The fourth-order valence-electron chi connectivity index (χ4n) is 2.92. The van der Waals surface area contributed by atoms with E-state index in [0.717, 1.165) is 40.3 Å². The van der Waals surface area contributed by atoms with Crippen molar-refractivity contribution in [2.75, 3.05) is 5.32 Å². The van der Waals surface area contributed by atoms with Gasteiger partial charge >= 0.3 is 11.2 Å². The van der Waals surface area contributed by atoms with Crippen LogP contribution in [-0.4, -0.2) is 15.4 Å². The number of anilines is 1. The first-order valence-corrected chi connectivity index (χ1v) is 8.43. The maximum atomic E-state index is 12.3. The fraction of sp³-hybridized carbons (Fsp3) is 0.312. The van der Waals surface area contributed by atoms with E-state index in [9.17, 15) is 25.0 Å². The standard InChI is InChI=1S/C16H14N4O4S/c1-9-5-6-12(20(23)24)16(22)19(9)8-14(21)18-15-11(7-17)10-3-2-4-13(10)25-15/h5-6H,2-4,8H2,1H3,(H,18,21). The van der Waals surface area contributed by atoms with E-state index in [1.165, 1.54) is 17.4 Å². The number of carbonyl (C=O) groups is 1. The molecule has 128 valence electrons. The van der Waals surface area contributed by atoms with Crippen LogP contribution in [0.4, 0.5) is 10.7 Å². The third-order valence-corrected chi connectivity index (χ3v) is 5.36. The maximum absolute atomic E-state index is 12.3. The first kappa shape index (κ1) is 16.9. The smallest absolute Gasteiger partial charge is 0.315 e. The van der Waals surface area contributed by atoms with Gasteiger partial charge in [-0.25, -0.2) is 0 Å². The molecule has 0 aromatic carbocycles. The number of hydrogen-bond acceptors (Lipinski definition) is 6. The van der Waals surface area contributed by atoms with E-state index in [-0.39, 0.29) is 6.54 Å². The molecule has 3 rings (SSSR count). The van der Waals surface area contributed by atoms with Gasteiger partial charge in [0.25, 0.3) is 0 Å². The van der Waals surface area contributed by atoms with Gasteiger partial charge < -0.3 is 5.32 Å². The minimum absolute atomic E-state index is 0.347. The zero-order valence-electron chi connectivity index (χ0n) is 13.4. The summed E-state index contributed by atoms with van der Waals surface area (Å²) < 4.78 is 1.06. The van der Waals surface area contributed by atoms with Gasteiger partial charge in [-0.3, -0.25) is 24.3 Å². The summed E-state index contributed by atoms with van der Waals surface area (Å²) in [5, 5.41) is 23.4. The van der Waals surface area contributed by atoms with Crippen LogP contribution in [0, 0.1) is 28.4 Å². The van der Waals surface area contributed by atoms with Gasteiger partial charge in [-0.05, 0) is 37.8 Å². The molecule has 0 spiro atoms. The summed E-state index contributed by atoms with van der Waals surface area (Å²) in [6.45, 7) is 1.25. The van der Waals surface area contributed by atoms with Gasteiger partial charge in [0.05, 0.1) is 10.5 Å². The number of nitro groups is 1. The number of nitriles is 1. The summed E-state index contributed by atoms with van der Waals surface area (Å²) in [6, 6.07) is 4.68. The molecule has 9 heteroatoms. The van der Waals surface area contributed by atoms with Crippen molar-refractivity contribution >= 4 is 27.9 Å². The Morgan fingerprint density at radius 1 is 1.48 bits per heavy atom. The lowest BCUT2D eigenvalue weighted by molar-refractivity contribution is -0.386. The van der Waals surface area contributed by atoms with Gasteiger partial charge in [0.15, 0.2) is 0 Å². The van der Waals surface area contributed by atoms with Gasteiger partial charge in [0, 0.05) is 16.6 Å². The highest BCUT2D eigenvalue weighted by atomic mass is 32.1. The Labute approximate surface area is 146 Å². The molecule has 0 fully saturated rings. The zero-order valence-corrected chi connectivity index (χ0v) is 14.2. The number of amides is 1. The number of nitrogens with zero attached hydrogens (tertiary/aromatic N) is 3. The summed E-state index contributed by atoms with van der Waals surface area (Å²) >= 11 is 1.38. The van der Waals surface area contributed by atoms with Crippen molar-refractivity contribution in [2.24, 2.45) is 0 Å². The monoisotopic (exact) mass is 358 g/mol. The maximum Gasteiger partial charge on any atom is 0.334 e. The Bertz CT molecular complexity index is 983. The molecule has 1 aliphatic rings. The molecule has 1 amide bonds. The molecule has 2 aromatic rings. The predicted octanol–water partition coefficient (Wildman–Crippen LogP) is 2.13. The number of nitrogens with one attached hydrogen (secondary N) is 1. The second-order valence-electron chi connectivity index (χ2n) is 5.73. The summed E-state index contributed by atoms with van der Waals surface area (Å²) in [5.41, 5.74) is 0.515. The van der Waals surface area contributed by atoms with E-state index >= 15 is 0 Å². The van der Waals surface area contributed by atoms with E-state index in [2.05, 4.69) is 11.4 Å². The summed E-state index contributed by atoms with van der Waals surface area (Å²) in [4.78, 5) is 35.7. The minimum atomic E-state index is -0.825. The number of thiophene rings is 1. The molecule has 0 aliphatic heterocycles. The van der Waals surface area contributed by atoms with Gasteiger partial charge in [0.1, 0.15) is 17.6 Å². The molecule has 0 saturated carbocycles. The van der Waals surface area contributed by atoms with Crippen LogP contribution in [0.15, 0.2) is 16.9 Å². The second kappa shape index (κ2) is 6.49. The lowest BCUT2D eigenvalue weighted by Gasteiger charge is -2.09. The van der Waals surface area contributed by atoms with Crippen molar-refractivity contribution in [1.29, 1.82) is 5.26 Å². The van der Waals surface area contributed by atoms with Crippen LogP contribution >= 0.6 is 11.3 Å². The van der Waals surface area contributed by atoms with Crippen LogP contribution in [-0.2, 0) is 24.2 Å². The lowest BCUT2D eigenvalue weighted by atomic mass is 10.1. The number of pyridine rings is 1. The molecule has 25 heavy (non-hydrogen) atoms. The molecule has 0 radical (unpaired) electrons. The highest BCUT2D eigenvalue weighted by Crippen LogP contribution is 2.38. The molecule has 0 bridgehead atoms. The first-order chi connectivity index (χ1) is 11.9. The number of aryl methyl sites for hydroxylation is 2. The van der Waals surface area contributed by atoms with E-state index < -0.39 is 22.1 Å². The highest BCUT2D eigenvalue weighted by Gasteiger charge is 2.24. The largest absolute Gasteiger partial charge is 0.334 e. The Morgan fingerprint density at radius 3 is 2.92 bits per heavy atom. The molecule has 0 saturated heterocycles. The summed E-state index contributed by atoms with van der Waals surface area (Å²) in [7, 11) is 0. The average Bonchev–Trinajstić information content (AvgIpc) is 3.11. The predicted molar refractivity (Wildman–Crippen MR) is 91.8 cm³/mol. The number of aromatic nitrogens is 1. The van der Waals surface area contributed by atoms with Crippen LogP contribution < -0.4 is 10.9 Å². The number of rotatable bonds is 4. The van der Waals surface area contributed by atoms with Gasteiger partial charge in [-0.15, -0.1) is 11.3 Å². The van der Waals surface area contributed by atoms with Crippen molar-refractivity contribution < 1.29 is 9.72 Å². The van der Waals surface area contributed by atoms with Crippen molar-refractivity contribution in [3.05, 3.63) is 54.3 Å². The normalized spacial score (nSPS) is 12.5. The van der Waals surface area contributed by atoms with Crippen molar-refractivity contribution in [3.63, 3.8) is 0 Å². The van der Waals surface area contributed by atoms with E-state index in [0.29, 0.717) is 16.3 Å². The zero-order chi connectivity index (χ0) is 18.1. The molecular weight excluding hydrogens is 344 g/mol. The van der Waals surface area contributed by atoms with Gasteiger partial charge in [-0.2, -0.15) is 5.26 Å². The quantitative estimate of drug-likeness (QED) is 0.663. The van der Waals surface area contributed by atoms with E-state index in [4.69, 9.17) is 0 Å². The molecule has 1 aliphatic carbocycles. The van der Waals surface area contributed by atoms with Crippen LogP contribution in [0.1, 0.15) is 28.1 Å². The van der Waals surface area contributed by atoms with Crippen molar-refractivity contribution in [2.45, 2.75) is 32.7 Å². The fourth-order valence-corrected chi connectivity index (χ4v) is 4.17. The Morgan fingerprint density at radius 2 is 2.24 bits per heavy atom. The summed E-state index contributed by atoms with van der Waals surface area (Å²) in [5.74, 6) is -0.498. The van der Waals surface area contributed by atoms with Crippen LogP contribution in [0.2, 0.25) is 0 Å². The lowest BCUT2D eigenvalue weighted by Crippen LogP contribution is -2.30. The highest BCUT2D eigenvalue weighted by molar-refractivity contribution is 7.16. The van der Waals surface area contributed by atoms with Crippen LogP contribution in [0.5, 0.6) is 0 Å². The first-order valence-electron chi connectivity index (χ1n) is 7.61. The topological polar surface area (TPSA) is 118 Å². The second-order valence-corrected chi connectivity index (χ2v) is 6.83. The van der Waals surface area contributed by atoms with Gasteiger partial charge in [0.2, 0.25) is 5.91 Å². The minimum Gasteiger partial charge on any atom is -0.315 e. The summed E-state index contributed by atoms with van der Waals surface area (Å²) in [6.07, 6.45) is 2.73. The SMILES string of the molecule is Cc1ccc([N+](=O)[O-])c(=O)n1CC(=O)Nc1sc2c(c1C#N)CCC2. The van der Waals surface area contributed by atoms with Crippen LogP contribution in [0.25, 0.3) is 0 Å². The van der Waals surface area contributed by atoms with Gasteiger partial charge in [-0.1, -0.05) is 0 Å². The Hall–Kier alpha value is -2.99. The number of fused-ring (bicyclic) bond motifs is 1. The van der Waals surface area contributed by atoms with E-state index in [1.807, 2.05) is 0 Å². The third kappa shape index (κ3) is 3.04. The third-order valence-electron chi connectivity index (χ3n) is 4.16. The van der Waals surface area contributed by atoms with Crippen molar-refractivity contribution in [1.82, 2.24) is 4.57 Å². The molecule has 1 N–H and O–H groups in total. The van der Waals surface area contributed by atoms with Crippen molar-refractivity contribution in [3.8, 4) is 6.07 Å². The molecule has 2 heterocycles. The average molecular weight is 358 g/mol. The Balaban J connectivity index is 1.85. The van der Waals surface area contributed by atoms with E-state index in [1.54, 1.807) is 6.92 Å². The van der Waals surface area contributed by atoms with Crippen LogP contribution in [0.3, 0.4) is 0 Å². The molecular formula is C16H14N4O4S. The number of carbonyl (C=O) groups excluding carboxylic acids is 1. The molecule has 2 aromatic heterocycles.